The minimum absolute atomic E-state index is 0.257. The molecule has 0 rings (SSSR count). The molecule has 0 aliphatic rings. The molecule has 0 aliphatic heterocycles. The van der Waals surface area contributed by atoms with Gasteiger partial charge in [0.15, 0.2) is 0 Å². The van der Waals surface area contributed by atoms with Crippen LogP contribution in [0.4, 0.5) is 0 Å². The Labute approximate surface area is 86.5 Å². The Kier molecular flexibility index (Phi) is 6.49. The number of carboxylic acid groups (broad SMARTS) is 1. The van der Waals surface area contributed by atoms with Gasteiger partial charge in [-0.3, -0.25) is 4.79 Å². The third-order valence-electron chi connectivity index (χ3n) is 2.43. The standard InChI is InChI=1S/C10H22N2O2/c1-9(5-6-10(13)14)12(4)8-7-11(2)3/h9H,5-8H2,1-4H3,(H,13,14). The highest BCUT2D eigenvalue weighted by Crippen LogP contribution is 2.03. The van der Waals surface area contributed by atoms with Gasteiger partial charge in [0.25, 0.3) is 0 Å². The van der Waals surface area contributed by atoms with Crippen LogP contribution < -0.4 is 0 Å². The van der Waals surface area contributed by atoms with Crippen molar-refractivity contribution in [2.45, 2.75) is 25.8 Å². The quantitative estimate of drug-likeness (QED) is 0.661. The summed E-state index contributed by atoms with van der Waals surface area (Å²) >= 11 is 0. The second-order valence-electron chi connectivity index (χ2n) is 4.07. The van der Waals surface area contributed by atoms with E-state index in [4.69, 9.17) is 5.11 Å². The average molecular weight is 202 g/mol. The molecule has 1 N–H and O–H groups in total. The van der Waals surface area contributed by atoms with E-state index >= 15 is 0 Å². The molecule has 0 spiro atoms. The summed E-state index contributed by atoms with van der Waals surface area (Å²) in [5.74, 6) is -0.710. The van der Waals surface area contributed by atoms with Gasteiger partial charge in [0, 0.05) is 25.6 Å². The Morgan fingerprint density at radius 1 is 1.29 bits per heavy atom. The molecule has 84 valence electrons. The predicted molar refractivity (Wildman–Crippen MR) is 57.5 cm³/mol. The molecule has 0 fully saturated rings. The number of carboxylic acids is 1. The lowest BCUT2D eigenvalue weighted by Gasteiger charge is -2.25. The van der Waals surface area contributed by atoms with E-state index in [-0.39, 0.29) is 6.42 Å². The second-order valence-corrected chi connectivity index (χ2v) is 4.07. The molecule has 0 aliphatic carbocycles. The Hall–Kier alpha value is -0.610. The van der Waals surface area contributed by atoms with E-state index in [9.17, 15) is 4.79 Å². The summed E-state index contributed by atoms with van der Waals surface area (Å²) in [5, 5.41) is 8.54. The second kappa shape index (κ2) is 6.79. The Balaban J connectivity index is 3.64. The van der Waals surface area contributed by atoms with E-state index in [0.29, 0.717) is 6.04 Å². The van der Waals surface area contributed by atoms with Gasteiger partial charge in [0.05, 0.1) is 0 Å². The highest BCUT2D eigenvalue weighted by Gasteiger charge is 2.10. The van der Waals surface area contributed by atoms with E-state index < -0.39 is 5.97 Å². The highest BCUT2D eigenvalue weighted by atomic mass is 16.4. The average Bonchev–Trinajstić information content (AvgIpc) is 2.09. The molecule has 0 aromatic carbocycles. The zero-order valence-electron chi connectivity index (χ0n) is 9.66. The molecule has 0 amide bonds. The third kappa shape index (κ3) is 6.86. The summed E-state index contributed by atoms with van der Waals surface area (Å²) in [4.78, 5) is 14.7. The normalized spacial score (nSPS) is 13.6. The SMILES string of the molecule is CC(CCC(=O)O)N(C)CCN(C)C. The number of hydrogen-bond donors (Lipinski definition) is 1. The van der Waals surface area contributed by atoms with Gasteiger partial charge >= 0.3 is 5.97 Å². The van der Waals surface area contributed by atoms with Crippen molar-refractivity contribution in [1.82, 2.24) is 9.80 Å². The van der Waals surface area contributed by atoms with Crippen LogP contribution in [0.2, 0.25) is 0 Å². The largest absolute Gasteiger partial charge is 0.481 e. The van der Waals surface area contributed by atoms with Crippen LogP contribution in [0.1, 0.15) is 19.8 Å². The summed E-state index contributed by atoms with van der Waals surface area (Å²) in [6.07, 6.45) is 0.979. The molecule has 1 atom stereocenters. The maximum Gasteiger partial charge on any atom is 0.303 e. The van der Waals surface area contributed by atoms with Crippen molar-refractivity contribution in [3.05, 3.63) is 0 Å². The minimum atomic E-state index is -0.710. The van der Waals surface area contributed by atoms with Crippen LogP contribution >= 0.6 is 0 Å². The molecular formula is C10H22N2O2. The van der Waals surface area contributed by atoms with Gasteiger partial charge in [-0.25, -0.2) is 0 Å². The molecular weight excluding hydrogens is 180 g/mol. The molecule has 0 saturated carbocycles. The van der Waals surface area contributed by atoms with Crippen molar-refractivity contribution in [1.29, 1.82) is 0 Å². The van der Waals surface area contributed by atoms with Gasteiger partial charge in [-0.05, 0) is 34.5 Å². The van der Waals surface area contributed by atoms with Crippen molar-refractivity contribution in [3.63, 3.8) is 0 Å². The van der Waals surface area contributed by atoms with E-state index in [1.807, 2.05) is 21.1 Å². The summed E-state index contributed by atoms with van der Waals surface area (Å²) in [7, 11) is 6.11. The molecule has 0 saturated heterocycles. The Morgan fingerprint density at radius 3 is 2.29 bits per heavy atom. The first kappa shape index (κ1) is 13.4. The lowest BCUT2D eigenvalue weighted by Crippen LogP contribution is -2.35. The van der Waals surface area contributed by atoms with Crippen LogP contribution in [0.5, 0.6) is 0 Å². The smallest absolute Gasteiger partial charge is 0.303 e. The first-order valence-corrected chi connectivity index (χ1v) is 5.00. The Bertz CT molecular complexity index is 172. The molecule has 0 heterocycles. The van der Waals surface area contributed by atoms with E-state index in [0.717, 1.165) is 19.5 Å². The van der Waals surface area contributed by atoms with Gasteiger partial charge < -0.3 is 14.9 Å². The summed E-state index contributed by atoms with van der Waals surface area (Å²) in [5.41, 5.74) is 0. The number of carbonyl (C=O) groups is 1. The topological polar surface area (TPSA) is 43.8 Å². The molecule has 4 nitrogen and oxygen atoms in total. The summed E-state index contributed by atoms with van der Waals surface area (Å²) in [6, 6.07) is 0.339. The molecule has 0 aromatic heterocycles. The Morgan fingerprint density at radius 2 is 1.86 bits per heavy atom. The lowest BCUT2D eigenvalue weighted by atomic mass is 10.1. The zero-order chi connectivity index (χ0) is 11.1. The molecule has 0 bridgehead atoms. The molecule has 0 radical (unpaired) electrons. The number of likely N-dealkylation sites (N-methyl/N-ethyl adjacent to an activating group) is 2. The van der Waals surface area contributed by atoms with Crippen LogP contribution in [0.3, 0.4) is 0 Å². The first-order valence-electron chi connectivity index (χ1n) is 5.00. The first-order chi connectivity index (χ1) is 6.43. The third-order valence-corrected chi connectivity index (χ3v) is 2.43. The maximum atomic E-state index is 10.4. The fourth-order valence-electron chi connectivity index (χ4n) is 1.13. The van der Waals surface area contributed by atoms with Crippen molar-refractivity contribution in [2.24, 2.45) is 0 Å². The fraction of sp³-hybridized carbons (Fsp3) is 0.900. The molecule has 14 heavy (non-hydrogen) atoms. The van der Waals surface area contributed by atoms with Crippen molar-refractivity contribution in [2.75, 3.05) is 34.2 Å². The molecule has 4 heteroatoms. The van der Waals surface area contributed by atoms with Crippen molar-refractivity contribution < 1.29 is 9.90 Å². The van der Waals surface area contributed by atoms with E-state index in [1.165, 1.54) is 0 Å². The number of hydrogen-bond acceptors (Lipinski definition) is 3. The van der Waals surface area contributed by atoms with Crippen LogP contribution in [-0.4, -0.2) is 61.2 Å². The van der Waals surface area contributed by atoms with Crippen molar-refractivity contribution in [3.8, 4) is 0 Å². The highest BCUT2D eigenvalue weighted by molar-refractivity contribution is 5.66. The summed E-state index contributed by atoms with van der Waals surface area (Å²) in [6.45, 7) is 4.06. The monoisotopic (exact) mass is 202 g/mol. The minimum Gasteiger partial charge on any atom is -0.481 e. The molecule has 0 aromatic rings. The van der Waals surface area contributed by atoms with Crippen molar-refractivity contribution >= 4 is 5.97 Å². The number of rotatable bonds is 7. The van der Waals surface area contributed by atoms with Gasteiger partial charge in [-0.1, -0.05) is 0 Å². The molecule has 1 unspecified atom stereocenters. The van der Waals surface area contributed by atoms with Crippen LogP contribution in [-0.2, 0) is 4.79 Å². The van der Waals surface area contributed by atoms with Gasteiger partial charge in [-0.2, -0.15) is 0 Å². The predicted octanol–water partition coefficient (Wildman–Crippen LogP) is 0.733. The van der Waals surface area contributed by atoms with Gasteiger partial charge in [0.2, 0.25) is 0 Å². The zero-order valence-corrected chi connectivity index (χ0v) is 9.66. The number of nitrogens with zero attached hydrogens (tertiary/aromatic N) is 2. The number of aliphatic carboxylic acids is 1. The summed E-state index contributed by atoms with van der Waals surface area (Å²) < 4.78 is 0. The van der Waals surface area contributed by atoms with Gasteiger partial charge in [-0.15, -0.1) is 0 Å². The maximum absolute atomic E-state index is 10.4. The lowest BCUT2D eigenvalue weighted by molar-refractivity contribution is -0.137. The van der Waals surface area contributed by atoms with E-state index in [1.54, 1.807) is 0 Å². The van der Waals surface area contributed by atoms with Gasteiger partial charge in [0.1, 0.15) is 0 Å². The van der Waals surface area contributed by atoms with Crippen LogP contribution in [0.25, 0.3) is 0 Å². The van der Waals surface area contributed by atoms with E-state index in [2.05, 4.69) is 16.7 Å². The van der Waals surface area contributed by atoms with Crippen LogP contribution in [0, 0.1) is 0 Å². The fourth-order valence-corrected chi connectivity index (χ4v) is 1.13. The van der Waals surface area contributed by atoms with Crippen LogP contribution in [0.15, 0.2) is 0 Å².